The van der Waals surface area contributed by atoms with Crippen LogP contribution in [-0.2, 0) is 0 Å². The summed E-state index contributed by atoms with van der Waals surface area (Å²) in [5.41, 5.74) is 2.58. The van der Waals surface area contributed by atoms with Crippen molar-refractivity contribution in [3.63, 3.8) is 0 Å². The van der Waals surface area contributed by atoms with Crippen LogP contribution < -0.4 is 10.1 Å². The number of nitrogens with one attached hydrogen (secondary N) is 1. The van der Waals surface area contributed by atoms with Gasteiger partial charge in [0.15, 0.2) is 0 Å². The van der Waals surface area contributed by atoms with Gasteiger partial charge in [-0.05, 0) is 29.3 Å². The number of alkyl halides is 1. The van der Waals surface area contributed by atoms with Crippen LogP contribution in [0.15, 0.2) is 66.9 Å². The van der Waals surface area contributed by atoms with Gasteiger partial charge in [-0.2, -0.15) is 0 Å². The van der Waals surface area contributed by atoms with E-state index in [1.54, 1.807) is 19.2 Å². The molecule has 1 aromatic carbocycles. The predicted molar refractivity (Wildman–Crippen MR) is 95.4 cm³/mol. The number of aliphatic hydroxyl groups excluding tert-OH is 2. The summed E-state index contributed by atoms with van der Waals surface area (Å²) in [5, 5.41) is 21.5. The molecule has 0 fully saturated rings. The van der Waals surface area contributed by atoms with Gasteiger partial charge in [-0.15, -0.1) is 0 Å². The molecule has 24 heavy (non-hydrogen) atoms. The van der Waals surface area contributed by atoms with E-state index < -0.39 is 18.9 Å². The topological polar surface area (TPSA) is 61.7 Å². The minimum absolute atomic E-state index is 0.169. The monoisotopic (exact) mass is 333 g/mol. The van der Waals surface area contributed by atoms with Crippen molar-refractivity contribution in [1.29, 1.82) is 0 Å². The Hall–Kier alpha value is -2.37. The molecule has 0 aromatic heterocycles. The number of halogens is 1. The Morgan fingerprint density at radius 2 is 1.83 bits per heavy atom. The lowest BCUT2D eigenvalue weighted by Crippen LogP contribution is -2.33. The molecule has 1 rings (SSSR count). The standard InChI is InChI=1S/C19H24FNO3/c1-14(4-6-15(2)21-3)5-7-16-8-10-17(11-9-16)24-13-19(23)18(22)12-20/h4-11,18-19,21-23H,1-2,12-13H2,3H3/b6-4-,7-5+. The second-order valence-corrected chi connectivity index (χ2v) is 5.19. The summed E-state index contributed by atoms with van der Waals surface area (Å²) >= 11 is 0. The summed E-state index contributed by atoms with van der Waals surface area (Å²) in [7, 11) is 1.80. The van der Waals surface area contributed by atoms with Gasteiger partial charge in [-0.1, -0.05) is 43.5 Å². The van der Waals surface area contributed by atoms with E-state index in [1.165, 1.54) is 0 Å². The minimum Gasteiger partial charge on any atom is -0.491 e. The number of hydrogen-bond acceptors (Lipinski definition) is 4. The molecule has 2 unspecified atom stereocenters. The fraction of sp³-hybridized carbons (Fsp3) is 0.263. The van der Waals surface area contributed by atoms with Gasteiger partial charge in [-0.3, -0.25) is 0 Å². The van der Waals surface area contributed by atoms with Gasteiger partial charge in [0.1, 0.15) is 31.2 Å². The normalized spacial score (nSPS) is 13.8. The van der Waals surface area contributed by atoms with Gasteiger partial charge < -0.3 is 20.3 Å². The molecule has 3 N–H and O–H groups in total. The molecular weight excluding hydrogens is 309 g/mol. The van der Waals surface area contributed by atoms with Gasteiger partial charge in [-0.25, -0.2) is 4.39 Å². The third-order valence-corrected chi connectivity index (χ3v) is 3.21. The molecule has 1 aromatic rings. The molecule has 0 amide bonds. The molecule has 130 valence electrons. The number of aliphatic hydroxyl groups is 2. The van der Waals surface area contributed by atoms with Gasteiger partial charge in [0.2, 0.25) is 0 Å². The molecule has 0 heterocycles. The Morgan fingerprint density at radius 1 is 1.17 bits per heavy atom. The van der Waals surface area contributed by atoms with Crippen molar-refractivity contribution >= 4 is 6.08 Å². The van der Waals surface area contributed by atoms with Crippen molar-refractivity contribution in [2.24, 2.45) is 0 Å². The van der Waals surface area contributed by atoms with Crippen molar-refractivity contribution in [1.82, 2.24) is 5.32 Å². The maximum Gasteiger partial charge on any atom is 0.119 e. The first-order valence-electron chi connectivity index (χ1n) is 7.53. The van der Waals surface area contributed by atoms with E-state index in [-0.39, 0.29) is 6.61 Å². The van der Waals surface area contributed by atoms with E-state index in [0.717, 1.165) is 16.8 Å². The second kappa shape index (κ2) is 10.4. The van der Waals surface area contributed by atoms with Gasteiger partial charge in [0.05, 0.1) is 0 Å². The van der Waals surface area contributed by atoms with Crippen molar-refractivity contribution in [3.05, 3.63) is 72.5 Å². The zero-order valence-corrected chi connectivity index (χ0v) is 13.8. The molecule has 0 radical (unpaired) electrons. The van der Waals surface area contributed by atoms with Crippen molar-refractivity contribution in [2.45, 2.75) is 12.2 Å². The zero-order valence-electron chi connectivity index (χ0n) is 13.8. The SMILES string of the molecule is C=C(/C=C\C(=C)NC)/C=C/c1ccc(OCC(O)C(O)CF)cc1. The molecule has 5 heteroatoms. The second-order valence-electron chi connectivity index (χ2n) is 5.19. The summed E-state index contributed by atoms with van der Waals surface area (Å²) in [6, 6.07) is 7.14. The third kappa shape index (κ3) is 7.26. The molecule has 0 bridgehead atoms. The van der Waals surface area contributed by atoms with Gasteiger partial charge in [0.25, 0.3) is 0 Å². The maximum atomic E-state index is 12.2. The van der Waals surface area contributed by atoms with Crippen LogP contribution in [0.4, 0.5) is 4.39 Å². The molecule has 2 atom stereocenters. The fourth-order valence-corrected chi connectivity index (χ4v) is 1.62. The number of likely N-dealkylation sites (N-methyl/N-ethyl adjacent to an activating group) is 1. The van der Waals surface area contributed by atoms with Gasteiger partial charge >= 0.3 is 0 Å². The highest BCUT2D eigenvalue weighted by molar-refractivity contribution is 5.55. The van der Waals surface area contributed by atoms with Crippen molar-refractivity contribution in [2.75, 3.05) is 20.3 Å². The first kappa shape index (κ1) is 19.7. The molecular formula is C19H24FNO3. The molecule has 0 saturated heterocycles. The van der Waals surface area contributed by atoms with Crippen LogP contribution >= 0.6 is 0 Å². The van der Waals surface area contributed by atoms with Crippen LogP contribution in [0, 0.1) is 0 Å². The average Bonchev–Trinajstić information content (AvgIpc) is 2.62. The highest BCUT2D eigenvalue weighted by Gasteiger charge is 2.16. The Morgan fingerprint density at radius 3 is 2.42 bits per heavy atom. The van der Waals surface area contributed by atoms with E-state index in [9.17, 15) is 9.50 Å². The van der Waals surface area contributed by atoms with Crippen LogP contribution in [0.25, 0.3) is 6.08 Å². The molecule has 4 nitrogen and oxygen atoms in total. The third-order valence-electron chi connectivity index (χ3n) is 3.21. The highest BCUT2D eigenvalue weighted by atomic mass is 19.1. The number of benzene rings is 1. The smallest absolute Gasteiger partial charge is 0.119 e. The lowest BCUT2D eigenvalue weighted by molar-refractivity contribution is -0.0186. The van der Waals surface area contributed by atoms with Crippen molar-refractivity contribution < 1.29 is 19.3 Å². The Kier molecular flexibility index (Phi) is 8.54. The highest BCUT2D eigenvalue weighted by Crippen LogP contribution is 2.14. The van der Waals surface area contributed by atoms with E-state index in [0.29, 0.717) is 5.75 Å². The summed E-state index contributed by atoms with van der Waals surface area (Å²) in [6.07, 6.45) is 4.78. The van der Waals surface area contributed by atoms with E-state index >= 15 is 0 Å². The molecule has 0 saturated carbocycles. The molecule has 0 aliphatic carbocycles. The van der Waals surface area contributed by atoms with E-state index in [4.69, 9.17) is 9.84 Å². The van der Waals surface area contributed by atoms with Crippen LogP contribution in [0.1, 0.15) is 5.56 Å². The Balaban J connectivity index is 2.52. The van der Waals surface area contributed by atoms with Crippen LogP contribution in [0.5, 0.6) is 5.75 Å². The Labute approximate surface area is 142 Å². The van der Waals surface area contributed by atoms with Gasteiger partial charge in [0, 0.05) is 12.7 Å². The summed E-state index contributed by atoms with van der Waals surface area (Å²) in [6.45, 7) is 6.53. The lowest BCUT2D eigenvalue weighted by atomic mass is 10.1. The van der Waals surface area contributed by atoms with Crippen LogP contribution in [0.3, 0.4) is 0 Å². The zero-order chi connectivity index (χ0) is 17.9. The lowest BCUT2D eigenvalue weighted by Gasteiger charge is -2.15. The first-order chi connectivity index (χ1) is 11.5. The average molecular weight is 333 g/mol. The largest absolute Gasteiger partial charge is 0.491 e. The van der Waals surface area contributed by atoms with Crippen LogP contribution in [0.2, 0.25) is 0 Å². The summed E-state index contributed by atoms with van der Waals surface area (Å²) < 4.78 is 17.5. The molecule has 0 aliphatic heterocycles. The quantitative estimate of drug-likeness (QED) is 0.576. The maximum absolute atomic E-state index is 12.2. The summed E-state index contributed by atoms with van der Waals surface area (Å²) in [5.74, 6) is 0.529. The fourth-order valence-electron chi connectivity index (χ4n) is 1.62. The Bertz CT molecular complexity index is 593. The number of hydrogen-bond donors (Lipinski definition) is 3. The summed E-state index contributed by atoms with van der Waals surface area (Å²) in [4.78, 5) is 0. The van der Waals surface area contributed by atoms with E-state index in [1.807, 2.05) is 36.4 Å². The number of allylic oxidation sites excluding steroid dienone is 4. The van der Waals surface area contributed by atoms with E-state index in [2.05, 4.69) is 18.5 Å². The van der Waals surface area contributed by atoms with Crippen LogP contribution in [-0.4, -0.2) is 42.8 Å². The molecule has 0 aliphatic rings. The number of rotatable bonds is 10. The van der Waals surface area contributed by atoms with Crippen molar-refractivity contribution in [3.8, 4) is 5.75 Å². The first-order valence-corrected chi connectivity index (χ1v) is 7.53. The minimum atomic E-state index is -1.43. The predicted octanol–water partition coefficient (Wildman–Crippen LogP) is 2.62. The molecule has 0 spiro atoms. The number of ether oxygens (including phenoxy) is 1.